The Morgan fingerprint density at radius 1 is 1.37 bits per heavy atom. The fourth-order valence-corrected chi connectivity index (χ4v) is 2.50. The number of halogens is 1. The summed E-state index contributed by atoms with van der Waals surface area (Å²) >= 11 is 5.84. The van der Waals surface area contributed by atoms with Crippen LogP contribution in [-0.2, 0) is 6.54 Å². The largest absolute Gasteiger partial charge is 0.298 e. The minimum atomic E-state index is 0.288. The van der Waals surface area contributed by atoms with Crippen LogP contribution in [0.2, 0.25) is 5.15 Å². The lowest BCUT2D eigenvalue weighted by atomic mass is 10.2. The molecule has 4 nitrogen and oxygen atoms in total. The number of hydrogen-bond acceptors (Lipinski definition) is 4. The molecule has 0 spiro atoms. The van der Waals surface area contributed by atoms with Crippen LogP contribution in [0.4, 0.5) is 0 Å². The first-order valence-corrected chi connectivity index (χ1v) is 6.99. The van der Waals surface area contributed by atoms with Crippen molar-refractivity contribution < 1.29 is 0 Å². The fourth-order valence-electron chi connectivity index (χ4n) is 2.35. The average Bonchev–Trinajstić information content (AvgIpc) is 2.41. The quantitative estimate of drug-likeness (QED) is 0.795. The van der Waals surface area contributed by atoms with E-state index < -0.39 is 0 Å². The maximum absolute atomic E-state index is 8.95. The van der Waals surface area contributed by atoms with Gasteiger partial charge in [0.05, 0.1) is 5.56 Å². The van der Waals surface area contributed by atoms with Gasteiger partial charge >= 0.3 is 0 Å². The van der Waals surface area contributed by atoms with Crippen LogP contribution in [0.15, 0.2) is 12.3 Å². The molecule has 1 aromatic rings. The highest BCUT2D eigenvalue weighted by molar-refractivity contribution is 6.30. The highest BCUT2D eigenvalue weighted by atomic mass is 35.5. The number of pyridine rings is 1. The smallest absolute Gasteiger partial charge is 0.146 e. The predicted molar refractivity (Wildman–Crippen MR) is 75.9 cm³/mol. The Hall–Kier alpha value is -1.15. The molecule has 0 unspecified atom stereocenters. The van der Waals surface area contributed by atoms with Gasteiger partial charge in [0.1, 0.15) is 11.2 Å². The van der Waals surface area contributed by atoms with E-state index in [0.717, 1.165) is 38.3 Å². The number of aromatic nitrogens is 1. The van der Waals surface area contributed by atoms with Crippen molar-refractivity contribution in [2.45, 2.75) is 26.4 Å². The molecule has 1 aliphatic rings. The highest BCUT2D eigenvalue weighted by Crippen LogP contribution is 2.15. The molecule has 0 aliphatic carbocycles. The van der Waals surface area contributed by atoms with Gasteiger partial charge in [0.2, 0.25) is 0 Å². The first-order valence-electron chi connectivity index (χ1n) is 6.61. The third-order valence-corrected chi connectivity index (χ3v) is 3.86. The van der Waals surface area contributed by atoms with Gasteiger partial charge in [-0.1, -0.05) is 11.6 Å². The molecule has 0 N–H and O–H groups in total. The molecule has 1 saturated heterocycles. The summed E-state index contributed by atoms with van der Waals surface area (Å²) < 4.78 is 0. The maximum Gasteiger partial charge on any atom is 0.146 e. The first kappa shape index (κ1) is 14.3. The Morgan fingerprint density at radius 3 is 2.63 bits per heavy atom. The molecule has 0 aromatic carbocycles. The summed E-state index contributed by atoms with van der Waals surface area (Å²) in [6.45, 7) is 9.62. The first-order chi connectivity index (χ1) is 9.10. The number of nitrogens with zero attached hydrogens (tertiary/aromatic N) is 4. The van der Waals surface area contributed by atoms with Crippen molar-refractivity contribution in [2.75, 3.05) is 26.2 Å². The molecule has 2 heterocycles. The van der Waals surface area contributed by atoms with Gasteiger partial charge in [0.25, 0.3) is 0 Å². The third kappa shape index (κ3) is 3.66. The van der Waals surface area contributed by atoms with E-state index in [1.54, 1.807) is 6.20 Å². The standard InChI is InChI=1S/C14H19ClN4/c1-11(2)19-5-3-18(4-6-19)10-12-7-13(8-16)14(15)17-9-12/h7,9,11H,3-6,10H2,1-2H3. The van der Waals surface area contributed by atoms with Crippen LogP contribution in [0, 0.1) is 11.3 Å². The molecule has 19 heavy (non-hydrogen) atoms. The van der Waals surface area contributed by atoms with Crippen LogP contribution < -0.4 is 0 Å². The summed E-state index contributed by atoms with van der Waals surface area (Å²) in [5.74, 6) is 0. The van der Waals surface area contributed by atoms with Crippen molar-refractivity contribution in [3.63, 3.8) is 0 Å². The summed E-state index contributed by atoms with van der Waals surface area (Å²) in [6.07, 6.45) is 1.76. The van der Waals surface area contributed by atoms with Crippen molar-refractivity contribution in [1.82, 2.24) is 14.8 Å². The second-order valence-corrected chi connectivity index (χ2v) is 5.56. The highest BCUT2D eigenvalue weighted by Gasteiger charge is 2.19. The van der Waals surface area contributed by atoms with Crippen molar-refractivity contribution in [3.8, 4) is 6.07 Å². The molecule has 1 aromatic heterocycles. The lowest BCUT2D eigenvalue weighted by Crippen LogP contribution is -2.48. The second kappa shape index (κ2) is 6.33. The zero-order chi connectivity index (χ0) is 13.8. The molecule has 0 bridgehead atoms. The van der Waals surface area contributed by atoms with E-state index in [0.29, 0.717) is 11.6 Å². The molecule has 0 amide bonds. The maximum atomic E-state index is 8.95. The Balaban J connectivity index is 1.94. The monoisotopic (exact) mass is 278 g/mol. The molecular weight excluding hydrogens is 260 g/mol. The Bertz CT molecular complexity index is 473. The summed E-state index contributed by atoms with van der Waals surface area (Å²) in [7, 11) is 0. The lowest BCUT2D eigenvalue weighted by molar-refractivity contribution is 0.104. The fraction of sp³-hybridized carbons (Fsp3) is 0.571. The topological polar surface area (TPSA) is 43.2 Å². The summed E-state index contributed by atoms with van der Waals surface area (Å²) in [5.41, 5.74) is 1.51. The SMILES string of the molecule is CC(C)N1CCN(Cc2cnc(Cl)c(C#N)c2)CC1. The molecule has 0 saturated carbocycles. The number of hydrogen-bond donors (Lipinski definition) is 0. The van der Waals surface area contributed by atoms with Crippen molar-refractivity contribution in [1.29, 1.82) is 5.26 Å². The number of piperazine rings is 1. The molecule has 102 valence electrons. The van der Waals surface area contributed by atoms with Crippen LogP contribution >= 0.6 is 11.6 Å². The summed E-state index contributed by atoms with van der Waals surface area (Å²) in [4.78, 5) is 8.94. The van der Waals surface area contributed by atoms with Crippen LogP contribution in [0.3, 0.4) is 0 Å². The van der Waals surface area contributed by atoms with Gasteiger partial charge in [0.15, 0.2) is 0 Å². The van der Waals surface area contributed by atoms with E-state index in [9.17, 15) is 0 Å². The molecule has 0 atom stereocenters. The molecule has 1 fully saturated rings. The minimum absolute atomic E-state index is 0.288. The van der Waals surface area contributed by atoms with E-state index in [1.807, 2.05) is 6.07 Å². The zero-order valence-electron chi connectivity index (χ0n) is 11.4. The van der Waals surface area contributed by atoms with Gasteiger partial charge in [-0.05, 0) is 25.5 Å². The Morgan fingerprint density at radius 2 is 2.05 bits per heavy atom. The lowest BCUT2D eigenvalue weighted by Gasteiger charge is -2.36. The minimum Gasteiger partial charge on any atom is -0.298 e. The summed E-state index contributed by atoms with van der Waals surface area (Å²) in [5, 5.41) is 9.24. The van der Waals surface area contributed by atoms with Crippen LogP contribution in [0.5, 0.6) is 0 Å². The van der Waals surface area contributed by atoms with Crippen LogP contribution in [-0.4, -0.2) is 47.0 Å². The number of rotatable bonds is 3. The summed E-state index contributed by atoms with van der Waals surface area (Å²) in [6, 6.07) is 4.53. The van der Waals surface area contributed by atoms with Crippen molar-refractivity contribution in [3.05, 3.63) is 28.5 Å². The predicted octanol–water partition coefficient (Wildman–Crippen LogP) is 2.13. The molecule has 0 radical (unpaired) electrons. The second-order valence-electron chi connectivity index (χ2n) is 5.20. The van der Waals surface area contributed by atoms with Crippen LogP contribution in [0.1, 0.15) is 25.0 Å². The molecule has 2 rings (SSSR count). The number of nitriles is 1. The average molecular weight is 279 g/mol. The van der Waals surface area contributed by atoms with Gasteiger partial charge in [-0.15, -0.1) is 0 Å². The van der Waals surface area contributed by atoms with Gasteiger partial charge in [-0.25, -0.2) is 4.98 Å². The Kier molecular flexibility index (Phi) is 4.76. The Labute approximate surface area is 119 Å². The molecular formula is C14H19ClN4. The van der Waals surface area contributed by atoms with E-state index in [-0.39, 0.29) is 5.15 Å². The van der Waals surface area contributed by atoms with Gasteiger partial charge in [-0.3, -0.25) is 9.80 Å². The van der Waals surface area contributed by atoms with E-state index in [4.69, 9.17) is 16.9 Å². The van der Waals surface area contributed by atoms with Gasteiger partial charge in [-0.2, -0.15) is 5.26 Å². The zero-order valence-corrected chi connectivity index (χ0v) is 12.2. The van der Waals surface area contributed by atoms with Crippen molar-refractivity contribution >= 4 is 11.6 Å². The van der Waals surface area contributed by atoms with E-state index >= 15 is 0 Å². The van der Waals surface area contributed by atoms with E-state index in [2.05, 4.69) is 34.7 Å². The van der Waals surface area contributed by atoms with E-state index in [1.165, 1.54) is 0 Å². The van der Waals surface area contributed by atoms with Gasteiger partial charge in [0, 0.05) is 45.0 Å². The van der Waals surface area contributed by atoms with Crippen molar-refractivity contribution in [2.24, 2.45) is 0 Å². The van der Waals surface area contributed by atoms with Gasteiger partial charge < -0.3 is 0 Å². The third-order valence-electron chi connectivity index (χ3n) is 3.56. The normalized spacial score (nSPS) is 17.6. The van der Waals surface area contributed by atoms with Crippen LogP contribution in [0.25, 0.3) is 0 Å². The molecule has 1 aliphatic heterocycles. The molecule has 5 heteroatoms.